The van der Waals surface area contributed by atoms with Gasteiger partial charge in [-0.2, -0.15) is 0 Å². The van der Waals surface area contributed by atoms with Crippen LogP contribution in [0, 0.1) is 6.92 Å². The molecule has 0 aromatic carbocycles. The lowest BCUT2D eigenvalue weighted by molar-refractivity contribution is 0.355. The zero-order valence-electron chi connectivity index (χ0n) is 9.71. The molecule has 90 valence electrons. The van der Waals surface area contributed by atoms with E-state index in [-0.39, 0.29) is 5.56 Å². The molecule has 1 aromatic rings. The highest BCUT2D eigenvalue weighted by atomic mass is 35.5. The Morgan fingerprint density at radius 1 is 1.56 bits per heavy atom. The Morgan fingerprint density at radius 2 is 2.25 bits per heavy atom. The minimum atomic E-state index is -0.0342. The van der Waals surface area contributed by atoms with Gasteiger partial charge in [-0.3, -0.25) is 13.7 Å². The average molecular weight is 246 g/mol. The summed E-state index contributed by atoms with van der Waals surface area (Å²) in [5.74, 6) is 0.584. The molecule has 1 heterocycles. The molecule has 0 aliphatic carbocycles. The van der Waals surface area contributed by atoms with Gasteiger partial charge in [-0.1, -0.05) is 0 Å². The van der Waals surface area contributed by atoms with E-state index in [1.54, 1.807) is 11.6 Å². The van der Waals surface area contributed by atoms with Crippen molar-refractivity contribution in [2.24, 2.45) is 0 Å². The summed E-state index contributed by atoms with van der Waals surface area (Å²) in [4.78, 5) is 16.4. The van der Waals surface area contributed by atoms with Crippen LogP contribution in [0.1, 0.15) is 18.2 Å². The SMILES string of the molecule is CCn1c(NC)nc(C)c(CCOCl)c1=O. The van der Waals surface area contributed by atoms with Crippen molar-refractivity contribution in [3.05, 3.63) is 21.6 Å². The number of rotatable bonds is 5. The number of halogens is 1. The monoisotopic (exact) mass is 245 g/mol. The minimum absolute atomic E-state index is 0.0342. The van der Waals surface area contributed by atoms with Gasteiger partial charge in [-0.05, 0) is 13.8 Å². The summed E-state index contributed by atoms with van der Waals surface area (Å²) in [6, 6.07) is 0. The van der Waals surface area contributed by atoms with E-state index in [1.165, 1.54) is 0 Å². The summed E-state index contributed by atoms with van der Waals surface area (Å²) in [5.41, 5.74) is 1.34. The van der Waals surface area contributed by atoms with E-state index >= 15 is 0 Å². The summed E-state index contributed by atoms with van der Waals surface area (Å²) in [6.07, 6.45) is 0.477. The van der Waals surface area contributed by atoms with E-state index in [2.05, 4.69) is 14.6 Å². The highest BCUT2D eigenvalue weighted by molar-refractivity contribution is 6.07. The number of aryl methyl sites for hydroxylation is 1. The third-order valence-electron chi connectivity index (χ3n) is 2.44. The lowest BCUT2D eigenvalue weighted by Crippen LogP contribution is -2.28. The first kappa shape index (κ1) is 13.0. The first-order valence-electron chi connectivity index (χ1n) is 5.17. The van der Waals surface area contributed by atoms with Crippen LogP contribution in [0.25, 0.3) is 0 Å². The third kappa shape index (κ3) is 2.54. The summed E-state index contributed by atoms with van der Waals surface area (Å²) in [5, 5.41) is 2.91. The van der Waals surface area contributed by atoms with Crippen LogP contribution in [0.2, 0.25) is 0 Å². The highest BCUT2D eigenvalue weighted by Gasteiger charge is 2.11. The van der Waals surface area contributed by atoms with E-state index in [4.69, 9.17) is 11.9 Å². The van der Waals surface area contributed by atoms with Gasteiger partial charge in [0.05, 0.1) is 24.2 Å². The second-order valence-electron chi connectivity index (χ2n) is 3.36. The van der Waals surface area contributed by atoms with Gasteiger partial charge in [0.15, 0.2) is 0 Å². The zero-order chi connectivity index (χ0) is 12.1. The fourth-order valence-corrected chi connectivity index (χ4v) is 1.69. The average Bonchev–Trinajstić information content (AvgIpc) is 2.28. The Balaban J connectivity index is 3.24. The van der Waals surface area contributed by atoms with E-state index < -0.39 is 0 Å². The van der Waals surface area contributed by atoms with Gasteiger partial charge in [0.2, 0.25) is 5.95 Å². The molecule has 0 fully saturated rings. The van der Waals surface area contributed by atoms with Gasteiger partial charge >= 0.3 is 0 Å². The molecule has 0 unspecified atom stereocenters. The van der Waals surface area contributed by atoms with Crippen LogP contribution in [0.4, 0.5) is 5.95 Å². The highest BCUT2D eigenvalue weighted by Crippen LogP contribution is 2.07. The maximum Gasteiger partial charge on any atom is 0.258 e. The molecule has 16 heavy (non-hydrogen) atoms. The van der Waals surface area contributed by atoms with Crippen molar-refractivity contribution in [3.63, 3.8) is 0 Å². The first-order valence-corrected chi connectivity index (χ1v) is 5.48. The maximum atomic E-state index is 12.1. The topological polar surface area (TPSA) is 56.1 Å². The number of nitrogens with one attached hydrogen (secondary N) is 1. The van der Waals surface area contributed by atoms with Gasteiger partial charge in [0.25, 0.3) is 5.56 Å². The first-order chi connectivity index (χ1) is 7.65. The molecular formula is C10H16ClN3O2. The molecule has 0 amide bonds. The van der Waals surface area contributed by atoms with E-state index in [1.807, 2.05) is 13.8 Å². The van der Waals surface area contributed by atoms with Crippen molar-refractivity contribution in [1.29, 1.82) is 0 Å². The van der Waals surface area contributed by atoms with Crippen molar-refractivity contribution >= 4 is 17.8 Å². The molecule has 0 saturated heterocycles. The number of hydrogen-bond donors (Lipinski definition) is 1. The fraction of sp³-hybridized carbons (Fsp3) is 0.600. The van der Waals surface area contributed by atoms with Crippen LogP contribution in [-0.2, 0) is 17.3 Å². The number of aromatic nitrogens is 2. The van der Waals surface area contributed by atoms with Crippen LogP contribution in [0.3, 0.4) is 0 Å². The lowest BCUT2D eigenvalue weighted by Gasteiger charge is -2.13. The predicted octanol–water partition coefficient (Wildman–Crippen LogP) is 1.33. The Labute approximate surface area is 99.6 Å². The van der Waals surface area contributed by atoms with Crippen LogP contribution in [0.5, 0.6) is 0 Å². The van der Waals surface area contributed by atoms with E-state index in [0.29, 0.717) is 36.8 Å². The molecule has 1 rings (SSSR count). The van der Waals surface area contributed by atoms with Crippen molar-refractivity contribution in [2.45, 2.75) is 26.8 Å². The quantitative estimate of drug-likeness (QED) is 0.850. The molecule has 0 bridgehead atoms. The van der Waals surface area contributed by atoms with Crippen molar-refractivity contribution in [3.8, 4) is 0 Å². The smallest absolute Gasteiger partial charge is 0.258 e. The summed E-state index contributed by atoms with van der Waals surface area (Å²) >= 11 is 5.15. The molecular weight excluding hydrogens is 230 g/mol. The number of hydrogen-bond acceptors (Lipinski definition) is 4. The Kier molecular flexibility index (Phi) is 4.76. The molecule has 1 aromatic heterocycles. The second-order valence-corrected chi connectivity index (χ2v) is 3.58. The Bertz CT molecular complexity index is 417. The van der Waals surface area contributed by atoms with Gasteiger partial charge in [-0.25, -0.2) is 4.98 Å². The molecule has 0 aliphatic heterocycles. The summed E-state index contributed by atoms with van der Waals surface area (Å²) in [6.45, 7) is 4.60. The van der Waals surface area contributed by atoms with Crippen molar-refractivity contribution < 1.29 is 4.29 Å². The van der Waals surface area contributed by atoms with Crippen LogP contribution >= 0.6 is 11.9 Å². The van der Waals surface area contributed by atoms with Gasteiger partial charge < -0.3 is 5.32 Å². The normalized spacial score (nSPS) is 10.5. The third-order valence-corrected chi connectivity index (χ3v) is 2.59. The van der Waals surface area contributed by atoms with Crippen LogP contribution in [-0.4, -0.2) is 23.2 Å². The van der Waals surface area contributed by atoms with Crippen molar-refractivity contribution in [2.75, 3.05) is 19.0 Å². The minimum Gasteiger partial charge on any atom is -0.359 e. The summed E-state index contributed by atoms with van der Waals surface area (Å²) < 4.78 is 6.06. The predicted molar refractivity (Wildman–Crippen MR) is 64.0 cm³/mol. The molecule has 0 aliphatic rings. The molecule has 1 N–H and O–H groups in total. The van der Waals surface area contributed by atoms with E-state index in [0.717, 1.165) is 0 Å². The number of nitrogens with zero attached hydrogens (tertiary/aromatic N) is 2. The second kappa shape index (κ2) is 5.86. The molecule has 6 heteroatoms. The molecule has 0 atom stereocenters. The number of anilines is 1. The largest absolute Gasteiger partial charge is 0.359 e. The fourth-order valence-electron chi connectivity index (χ4n) is 1.61. The Morgan fingerprint density at radius 3 is 2.75 bits per heavy atom. The standard InChI is InChI=1S/C10H16ClN3O2/c1-4-14-9(15)8(5-6-16-11)7(2)13-10(14)12-3/h4-6H2,1-3H3,(H,12,13). The molecule has 5 nitrogen and oxygen atoms in total. The molecule has 0 spiro atoms. The maximum absolute atomic E-state index is 12.1. The molecule has 0 saturated carbocycles. The van der Waals surface area contributed by atoms with Gasteiger partial charge in [-0.15, -0.1) is 0 Å². The Hall–Kier alpha value is -1.07. The van der Waals surface area contributed by atoms with E-state index in [9.17, 15) is 4.79 Å². The summed E-state index contributed by atoms with van der Waals surface area (Å²) in [7, 11) is 1.74. The van der Waals surface area contributed by atoms with Crippen LogP contribution < -0.4 is 10.9 Å². The van der Waals surface area contributed by atoms with Crippen LogP contribution in [0.15, 0.2) is 4.79 Å². The molecule has 0 radical (unpaired) electrons. The van der Waals surface area contributed by atoms with Crippen molar-refractivity contribution in [1.82, 2.24) is 9.55 Å². The zero-order valence-corrected chi connectivity index (χ0v) is 10.5. The van der Waals surface area contributed by atoms with Gasteiger partial charge in [0.1, 0.15) is 0 Å². The lowest BCUT2D eigenvalue weighted by atomic mass is 10.2. The van der Waals surface area contributed by atoms with Gasteiger partial charge in [0, 0.05) is 25.6 Å².